The molecule has 0 bridgehead atoms. The van der Waals surface area contributed by atoms with Gasteiger partial charge in [0.1, 0.15) is 51.1 Å². The van der Waals surface area contributed by atoms with E-state index < -0.39 is 0 Å². The SMILES string of the molecule is C(OCCOCCOCCOC=C(c1ccccc1)c1ccccc1)=C(c1ccccc1)c1ccccc1.CCCOCCOCCOC=C(C)c1ccc(OC)cc1.CCCOCCOCCOC=C(c1ccccc1)c1ccccc1.CCc1ccc(C(C)=COCCOCCOCCOC=C(C)c2ccc(OC)cc2)cc1. The molecule has 614 valence electrons. The lowest BCUT2D eigenvalue weighted by molar-refractivity contribution is 0.0187. The Hall–Kier alpha value is -10.5. The van der Waals surface area contributed by atoms with Crippen LogP contribution < -0.4 is 9.47 Å². The standard InChI is InChI=1S/C34H34O4.C27H36O5.C21H26O3.C17H26O4/c1-5-13-29(14-6-1)33(30-15-7-2-8-16-30)27-37-25-23-35-21-22-36-24-26-38-28-34(31-17-9-3-10-18-31)32-19-11-4-12-20-32;1-5-24-6-8-25(9-7-24)22(2)20-31-18-16-29-14-15-30-17-19-32-21-23(3)26-10-12-27(28-4)13-11-26;1-2-13-22-14-15-23-16-17-24-18-21(19-9-5-3-6-10-19)20-11-7-4-8-12-20;1-4-9-19-10-11-20-12-13-21-14-15(2)16-5-7-17(18-3)8-6-16/h1-20,27-28H,21-26H2;6-13,20-21H,5,14-19H2,1-4H3;3-12,18H,2,13-17H2,1H3;5-8,14H,4,9-13H2,1-3H3. The molecule has 9 rings (SSSR count). The van der Waals surface area contributed by atoms with Gasteiger partial charge >= 0.3 is 0 Å². The van der Waals surface area contributed by atoms with Crippen molar-refractivity contribution < 1.29 is 75.8 Å². The first kappa shape index (κ1) is 93.4. The van der Waals surface area contributed by atoms with Gasteiger partial charge in [0.25, 0.3) is 0 Å². The summed E-state index contributed by atoms with van der Waals surface area (Å²) in [5, 5.41) is 0. The van der Waals surface area contributed by atoms with Crippen LogP contribution in [0.1, 0.15) is 110 Å². The molecular weight excluding hydrogens is 1450 g/mol. The van der Waals surface area contributed by atoms with Gasteiger partial charge in [0, 0.05) is 29.9 Å². The van der Waals surface area contributed by atoms with Gasteiger partial charge in [-0.2, -0.15) is 0 Å². The average molecular weight is 1570 g/mol. The van der Waals surface area contributed by atoms with E-state index in [0.717, 1.165) is 122 Å². The van der Waals surface area contributed by atoms with Crippen LogP contribution in [0.3, 0.4) is 0 Å². The molecule has 115 heavy (non-hydrogen) atoms. The van der Waals surface area contributed by atoms with Crippen molar-refractivity contribution in [2.24, 2.45) is 0 Å². The van der Waals surface area contributed by atoms with Crippen LogP contribution in [-0.4, -0.2) is 160 Å². The van der Waals surface area contributed by atoms with Crippen LogP contribution in [0, 0.1) is 0 Å². The summed E-state index contributed by atoms with van der Waals surface area (Å²) < 4.78 is 88.2. The second-order valence-corrected chi connectivity index (χ2v) is 25.8. The predicted octanol–water partition coefficient (Wildman–Crippen LogP) is 21.0. The smallest absolute Gasteiger partial charge is 0.118 e. The van der Waals surface area contributed by atoms with E-state index in [0.29, 0.717) is 132 Å². The summed E-state index contributed by atoms with van der Waals surface area (Å²) >= 11 is 0. The van der Waals surface area contributed by atoms with Crippen LogP contribution in [0.2, 0.25) is 0 Å². The van der Waals surface area contributed by atoms with Crippen LogP contribution in [-0.2, 0) is 72.7 Å². The highest BCUT2D eigenvalue weighted by molar-refractivity contribution is 5.81. The van der Waals surface area contributed by atoms with Gasteiger partial charge in [0.15, 0.2) is 0 Å². The van der Waals surface area contributed by atoms with E-state index in [1.165, 1.54) is 11.1 Å². The fraction of sp³-hybridized carbons (Fsp3) is 0.333. The van der Waals surface area contributed by atoms with E-state index in [-0.39, 0.29) is 0 Å². The highest BCUT2D eigenvalue weighted by Crippen LogP contribution is 2.27. The minimum Gasteiger partial charge on any atom is -0.498 e. The Morgan fingerprint density at radius 3 is 0.600 bits per heavy atom. The third-order valence-corrected chi connectivity index (χ3v) is 17.1. The number of ether oxygens (including phenoxy) is 16. The number of benzene rings is 9. The molecule has 16 nitrogen and oxygen atoms in total. The first-order valence-corrected chi connectivity index (χ1v) is 39.9. The summed E-state index contributed by atoms with van der Waals surface area (Å²) in [6.45, 7) is 24.8. The normalized spacial score (nSPS) is 11.0. The molecule has 0 heterocycles. The monoisotopic (exact) mass is 1570 g/mol. The van der Waals surface area contributed by atoms with Crippen molar-refractivity contribution in [3.05, 3.63) is 348 Å². The van der Waals surface area contributed by atoms with E-state index in [4.69, 9.17) is 75.8 Å². The Labute approximate surface area is 685 Å². The lowest BCUT2D eigenvalue weighted by Gasteiger charge is -2.10. The molecule has 0 aliphatic heterocycles. The number of rotatable bonds is 52. The summed E-state index contributed by atoms with van der Waals surface area (Å²) in [6.07, 6.45) is 13.9. The van der Waals surface area contributed by atoms with Crippen LogP contribution in [0.5, 0.6) is 11.5 Å². The fourth-order valence-electron chi connectivity index (χ4n) is 10.7. The number of allylic oxidation sites excluding steroid dienone is 3. The minimum absolute atomic E-state index is 0.471. The van der Waals surface area contributed by atoms with E-state index in [1.54, 1.807) is 33.0 Å². The lowest BCUT2D eigenvalue weighted by Crippen LogP contribution is -2.10. The number of methoxy groups -OCH3 is 2. The van der Waals surface area contributed by atoms with Crippen LogP contribution in [0.25, 0.3) is 33.4 Å². The van der Waals surface area contributed by atoms with Crippen LogP contribution in [0.4, 0.5) is 0 Å². The number of hydrogen-bond donors (Lipinski definition) is 0. The fourth-order valence-corrected chi connectivity index (χ4v) is 10.7. The Kier molecular flexibility index (Phi) is 50.3. The molecule has 0 amide bonds. The highest BCUT2D eigenvalue weighted by atomic mass is 16.6. The molecule has 0 saturated carbocycles. The molecule has 0 N–H and O–H groups in total. The maximum atomic E-state index is 5.81. The zero-order valence-electron chi connectivity index (χ0n) is 68.9. The van der Waals surface area contributed by atoms with Crippen molar-refractivity contribution in [3.8, 4) is 11.5 Å². The van der Waals surface area contributed by atoms with Crippen molar-refractivity contribution in [2.45, 2.75) is 60.8 Å². The molecule has 0 aliphatic carbocycles. The zero-order chi connectivity index (χ0) is 81.3. The Balaban J connectivity index is 0.000000245. The predicted molar refractivity (Wildman–Crippen MR) is 465 cm³/mol. The molecule has 0 aliphatic rings. The van der Waals surface area contributed by atoms with Crippen molar-refractivity contribution in [1.29, 1.82) is 0 Å². The third-order valence-electron chi connectivity index (χ3n) is 17.1. The van der Waals surface area contributed by atoms with Crippen molar-refractivity contribution in [1.82, 2.24) is 0 Å². The van der Waals surface area contributed by atoms with E-state index in [9.17, 15) is 0 Å². The summed E-state index contributed by atoms with van der Waals surface area (Å²) in [4.78, 5) is 0. The Bertz CT molecular complexity index is 3760. The summed E-state index contributed by atoms with van der Waals surface area (Å²) in [5.74, 6) is 1.69. The summed E-state index contributed by atoms with van der Waals surface area (Å²) in [6, 6.07) is 85.8. The van der Waals surface area contributed by atoms with Gasteiger partial charge in [-0.3, -0.25) is 0 Å². The van der Waals surface area contributed by atoms with Gasteiger partial charge in [0.2, 0.25) is 0 Å². The van der Waals surface area contributed by atoms with Gasteiger partial charge in [-0.25, -0.2) is 0 Å². The van der Waals surface area contributed by atoms with Gasteiger partial charge in [0.05, 0.1) is 144 Å². The van der Waals surface area contributed by atoms with Gasteiger partial charge < -0.3 is 75.8 Å². The van der Waals surface area contributed by atoms with E-state index in [1.807, 2.05) is 197 Å². The van der Waals surface area contributed by atoms with Gasteiger partial charge in [-0.15, -0.1) is 0 Å². The molecular formula is C99H122O16. The first-order valence-electron chi connectivity index (χ1n) is 39.9. The second kappa shape index (κ2) is 61.9. The molecule has 0 spiro atoms. The first-order chi connectivity index (χ1) is 56.7. The molecule has 9 aromatic rings. The molecule has 0 atom stereocenters. The second-order valence-electron chi connectivity index (χ2n) is 25.8. The maximum absolute atomic E-state index is 5.81. The zero-order valence-corrected chi connectivity index (χ0v) is 68.9. The van der Waals surface area contributed by atoms with Gasteiger partial charge in [-0.1, -0.05) is 251 Å². The lowest BCUT2D eigenvalue weighted by atomic mass is 9.99. The quantitative estimate of drug-likeness (QED) is 0.0263. The summed E-state index contributed by atoms with van der Waals surface area (Å²) in [5.41, 5.74) is 17.9. The van der Waals surface area contributed by atoms with Crippen molar-refractivity contribution >= 4 is 33.4 Å². The van der Waals surface area contributed by atoms with Crippen LogP contribution >= 0.6 is 0 Å². The third kappa shape index (κ3) is 40.9. The maximum Gasteiger partial charge on any atom is 0.118 e. The molecule has 0 aromatic heterocycles. The minimum atomic E-state index is 0.471. The molecule has 0 unspecified atom stereocenters. The Morgan fingerprint density at radius 2 is 0.400 bits per heavy atom. The Morgan fingerprint density at radius 1 is 0.209 bits per heavy atom. The van der Waals surface area contributed by atoms with Crippen molar-refractivity contribution in [3.63, 3.8) is 0 Å². The van der Waals surface area contributed by atoms with Gasteiger partial charge in [-0.05, 0) is 137 Å². The van der Waals surface area contributed by atoms with Crippen LogP contribution in [0.15, 0.2) is 292 Å². The highest BCUT2D eigenvalue weighted by Gasteiger charge is 2.09. The number of aryl methyl sites for hydroxylation is 1. The largest absolute Gasteiger partial charge is 0.498 e. The molecule has 16 heteroatoms. The molecule has 0 saturated heterocycles. The van der Waals surface area contributed by atoms with E-state index >= 15 is 0 Å². The molecule has 0 fully saturated rings. The topological polar surface area (TPSA) is 148 Å². The average Bonchev–Trinajstić information content (AvgIpc) is 0.857. The van der Waals surface area contributed by atoms with E-state index in [2.05, 4.69) is 118 Å². The molecule has 9 aromatic carbocycles. The number of hydrogen-bond acceptors (Lipinski definition) is 16. The summed E-state index contributed by atoms with van der Waals surface area (Å²) in [7, 11) is 3.32. The van der Waals surface area contributed by atoms with Crippen molar-refractivity contribution in [2.75, 3.05) is 160 Å². The molecule has 0 radical (unpaired) electrons.